The fourth-order valence-electron chi connectivity index (χ4n) is 1.43. The maximum atomic E-state index is 11.3. The largest absolute Gasteiger partial charge is 0.493 e. The second-order valence-corrected chi connectivity index (χ2v) is 3.81. The van der Waals surface area contributed by atoms with Crippen molar-refractivity contribution in [1.82, 2.24) is 0 Å². The van der Waals surface area contributed by atoms with Gasteiger partial charge in [0.2, 0.25) is 0 Å². The van der Waals surface area contributed by atoms with Gasteiger partial charge in [0.25, 0.3) is 0 Å². The molecule has 1 unspecified atom stereocenters. The van der Waals surface area contributed by atoms with Crippen molar-refractivity contribution in [1.29, 1.82) is 0 Å². The van der Waals surface area contributed by atoms with E-state index in [4.69, 9.17) is 25.1 Å². The van der Waals surface area contributed by atoms with Crippen LogP contribution in [0.5, 0.6) is 11.5 Å². The van der Waals surface area contributed by atoms with Crippen molar-refractivity contribution in [3.63, 3.8) is 0 Å². The molecule has 6 heteroatoms. The van der Waals surface area contributed by atoms with E-state index in [-0.39, 0.29) is 19.8 Å². The number of benzene rings is 1. The molecule has 1 aromatic rings. The lowest BCUT2D eigenvalue weighted by molar-refractivity contribution is -0.145. The lowest BCUT2D eigenvalue weighted by Crippen LogP contribution is -2.37. The van der Waals surface area contributed by atoms with Crippen molar-refractivity contribution < 1.29 is 24.1 Å². The first-order chi connectivity index (χ1) is 9.12. The summed E-state index contributed by atoms with van der Waals surface area (Å²) < 4.78 is 15.3. The summed E-state index contributed by atoms with van der Waals surface area (Å²) in [7, 11) is 1.49. The van der Waals surface area contributed by atoms with E-state index in [9.17, 15) is 4.79 Å². The highest BCUT2D eigenvalue weighted by atomic mass is 16.5. The Morgan fingerprint density at radius 2 is 2.16 bits per heavy atom. The molecule has 0 spiro atoms. The number of carbonyl (C=O) groups is 1. The second kappa shape index (κ2) is 7.60. The summed E-state index contributed by atoms with van der Waals surface area (Å²) in [6.07, 6.45) is 0. The van der Waals surface area contributed by atoms with Gasteiger partial charge in [-0.2, -0.15) is 0 Å². The van der Waals surface area contributed by atoms with Gasteiger partial charge in [0.1, 0.15) is 12.6 Å². The monoisotopic (exact) mass is 269 g/mol. The van der Waals surface area contributed by atoms with Gasteiger partial charge in [0.15, 0.2) is 11.5 Å². The molecule has 1 atom stereocenters. The summed E-state index contributed by atoms with van der Waals surface area (Å²) in [4.78, 5) is 11.3. The lowest BCUT2D eigenvalue weighted by atomic mass is 10.2. The Morgan fingerprint density at radius 3 is 2.74 bits per heavy atom. The summed E-state index contributed by atoms with van der Waals surface area (Å²) in [5.41, 5.74) is 6.33. The van der Waals surface area contributed by atoms with Crippen LogP contribution in [-0.2, 0) is 16.1 Å². The molecule has 0 saturated heterocycles. The molecule has 0 saturated carbocycles. The highest BCUT2D eigenvalue weighted by Gasteiger charge is 2.16. The minimum absolute atomic E-state index is 0.00628. The Morgan fingerprint density at radius 1 is 1.42 bits per heavy atom. The molecule has 19 heavy (non-hydrogen) atoms. The van der Waals surface area contributed by atoms with E-state index in [0.29, 0.717) is 17.1 Å². The van der Waals surface area contributed by atoms with E-state index < -0.39 is 12.0 Å². The van der Waals surface area contributed by atoms with Crippen LogP contribution < -0.4 is 15.2 Å². The minimum atomic E-state index is -0.845. The molecule has 106 valence electrons. The molecule has 0 aromatic heterocycles. The van der Waals surface area contributed by atoms with E-state index in [0.717, 1.165) is 0 Å². The Labute approximate surface area is 112 Å². The number of nitrogens with two attached hydrogens (primary N) is 1. The summed E-state index contributed by atoms with van der Waals surface area (Å²) in [5, 5.41) is 9.02. The van der Waals surface area contributed by atoms with Crippen molar-refractivity contribution in [2.24, 2.45) is 5.73 Å². The van der Waals surface area contributed by atoms with Crippen molar-refractivity contribution in [2.75, 3.05) is 20.3 Å². The number of ether oxygens (including phenoxy) is 3. The molecular weight excluding hydrogens is 250 g/mol. The Kier molecular flexibility index (Phi) is 6.11. The molecular formula is C13H19NO5. The topological polar surface area (TPSA) is 91.0 Å². The van der Waals surface area contributed by atoms with Crippen LogP contribution in [0.3, 0.4) is 0 Å². The molecule has 0 aliphatic carbocycles. The fourth-order valence-corrected chi connectivity index (χ4v) is 1.43. The highest BCUT2D eigenvalue weighted by molar-refractivity contribution is 5.75. The van der Waals surface area contributed by atoms with Gasteiger partial charge >= 0.3 is 5.97 Å². The van der Waals surface area contributed by atoms with Crippen LogP contribution in [0, 0.1) is 0 Å². The van der Waals surface area contributed by atoms with Crippen LogP contribution >= 0.6 is 0 Å². The first-order valence-corrected chi connectivity index (χ1v) is 5.95. The molecule has 0 radical (unpaired) electrons. The summed E-state index contributed by atoms with van der Waals surface area (Å²) in [5.74, 6) is 0.426. The highest BCUT2D eigenvalue weighted by Crippen LogP contribution is 2.28. The summed E-state index contributed by atoms with van der Waals surface area (Å²) in [6.45, 7) is 1.90. The molecule has 0 bridgehead atoms. The van der Waals surface area contributed by atoms with Crippen LogP contribution in [0.25, 0.3) is 0 Å². The zero-order valence-corrected chi connectivity index (χ0v) is 11.1. The van der Waals surface area contributed by atoms with Crippen LogP contribution in [0.1, 0.15) is 12.5 Å². The number of methoxy groups -OCH3 is 1. The van der Waals surface area contributed by atoms with Crippen molar-refractivity contribution in [2.45, 2.75) is 19.6 Å². The number of carbonyl (C=O) groups excluding carboxylic acids is 1. The average molecular weight is 269 g/mol. The Balaban J connectivity index is 2.64. The quantitative estimate of drug-likeness (QED) is 0.699. The molecule has 0 aliphatic rings. The third kappa shape index (κ3) is 4.42. The number of esters is 1. The molecule has 1 aromatic carbocycles. The van der Waals surface area contributed by atoms with Crippen molar-refractivity contribution in [3.8, 4) is 11.5 Å². The van der Waals surface area contributed by atoms with Crippen LogP contribution in [0.2, 0.25) is 0 Å². The van der Waals surface area contributed by atoms with Crippen molar-refractivity contribution >= 4 is 5.97 Å². The van der Waals surface area contributed by atoms with Gasteiger partial charge in [0.05, 0.1) is 20.3 Å². The zero-order chi connectivity index (χ0) is 14.3. The van der Waals surface area contributed by atoms with Crippen LogP contribution in [-0.4, -0.2) is 37.4 Å². The average Bonchev–Trinajstić information content (AvgIpc) is 2.44. The number of hydrogen-bond acceptors (Lipinski definition) is 6. The van der Waals surface area contributed by atoms with Crippen molar-refractivity contribution in [3.05, 3.63) is 23.8 Å². The number of aliphatic hydroxyl groups excluding tert-OH is 1. The molecule has 0 fully saturated rings. The predicted octanol–water partition coefficient (Wildman–Crippen LogP) is 0.457. The number of hydrogen-bond donors (Lipinski definition) is 2. The maximum Gasteiger partial charge on any atom is 0.326 e. The van der Waals surface area contributed by atoms with Gasteiger partial charge in [-0.25, -0.2) is 0 Å². The predicted molar refractivity (Wildman–Crippen MR) is 69.0 cm³/mol. The van der Waals surface area contributed by atoms with Gasteiger partial charge < -0.3 is 25.1 Å². The first-order valence-electron chi connectivity index (χ1n) is 5.95. The fraction of sp³-hybridized carbons (Fsp3) is 0.462. The normalized spacial score (nSPS) is 11.8. The smallest absolute Gasteiger partial charge is 0.326 e. The Bertz CT molecular complexity index is 421. The van der Waals surface area contributed by atoms with E-state index >= 15 is 0 Å². The summed E-state index contributed by atoms with van der Waals surface area (Å²) >= 11 is 0. The van der Waals surface area contributed by atoms with Gasteiger partial charge in [-0.15, -0.1) is 0 Å². The van der Waals surface area contributed by atoms with E-state index in [1.807, 2.05) is 0 Å². The minimum Gasteiger partial charge on any atom is -0.493 e. The molecule has 3 N–H and O–H groups in total. The molecule has 6 nitrogen and oxygen atoms in total. The van der Waals surface area contributed by atoms with Gasteiger partial charge in [0, 0.05) is 0 Å². The molecule has 0 heterocycles. The maximum absolute atomic E-state index is 11.3. The molecule has 0 amide bonds. The van der Waals surface area contributed by atoms with Gasteiger partial charge in [-0.05, 0) is 24.6 Å². The lowest BCUT2D eigenvalue weighted by Gasteiger charge is -2.14. The van der Waals surface area contributed by atoms with E-state index in [1.54, 1.807) is 25.1 Å². The number of aliphatic hydroxyl groups is 1. The van der Waals surface area contributed by atoms with Crippen LogP contribution in [0.15, 0.2) is 18.2 Å². The third-order valence-corrected chi connectivity index (χ3v) is 2.42. The van der Waals surface area contributed by atoms with E-state index in [1.165, 1.54) is 7.11 Å². The Hall–Kier alpha value is -1.79. The SMILES string of the molecule is CCOC(=O)C(N)COc1ccc(CO)cc1OC. The van der Waals surface area contributed by atoms with Crippen LogP contribution in [0.4, 0.5) is 0 Å². The summed E-state index contributed by atoms with van der Waals surface area (Å²) in [6, 6.07) is 4.17. The second-order valence-electron chi connectivity index (χ2n) is 3.81. The van der Waals surface area contributed by atoms with Gasteiger partial charge in [-0.3, -0.25) is 4.79 Å². The third-order valence-electron chi connectivity index (χ3n) is 2.42. The first kappa shape index (κ1) is 15.3. The standard InChI is InChI=1S/C13H19NO5/c1-3-18-13(16)10(14)8-19-11-5-4-9(7-15)6-12(11)17-2/h4-6,10,15H,3,7-8,14H2,1-2H3. The number of rotatable bonds is 7. The zero-order valence-electron chi connectivity index (χ0n) is 11.1. The molecule has 0 aliphatic heterocycles. The van der Waals surface area contributed by atoms with Gasteiger partial charge in [-0.1, -0.05) is 6.07 Å². The van der Waals surface area contributed by atoms with E-state index in [2.05, 4.69) is 0 Å². The molecule has 1 rings (SSSR count).